The summed E-state index contributed by atoms with van der Waals surface area (Å²) in [5.41, 5.74) is 1.11. The fraction of sp³-hybridized carbons (Fsp3) is 0.409. The minimum absolute atomic E-state index is 0.0899. The van der Waals surface area contributed by atoms with Gasteiger partial charge in [-0.2, -0.15) is 4.31 Å². The molecule has 7 heteroatoms. The second kappa shape index (κ2) is 8.58. The van der Waals surface area contributed by atoms with Gasteiger partial charge in [-0.15, -0.1) is 0 Å². The lowest BCUT2D eigenvalue weighted by molar-refractivity contribution is -0.138. The molecule has 0 aromatic heterocycles. The van der Waals surface area contributed by atoms with Gasteiger partial charge in [0.1, 0.15) is 0 Å². The number of carbonyl (C=O) groups excluding carboxylic acids is 1. The molecule has 1 heterocycles. The molecule has 0 radical (unpaired) electrons. The van der Waals surface area contributed by atoms with Gasteiger partial charge < -0.3 is 4.90 Å². The summed E-state index contributed by atoms with van der Waals surface area (Å²) in [6, 6.07) is 17.0. The molecule has 1 saturated carbocycles. The van der Waals surface area contributed by atoms with Crippen molar-refractivity contribution in [3.63, 3.8) is 0 Å². The molecular weight excluding hydrogens is 452 g/mol. The number of amides is 1. The van der Waals surface area contributed by atoms with Crippen molar-refractivity contribution in [1.82, 2.24) is 9.21 Å². The predicted octanol–water partition coefficient (Wildman–Crippen LogP) is 4.04. The number of sulfonamides is 1. The maximum atomic E-state index is 13.3. The Labute approximate surface area is 180 Å². The van der Waals surface area contributed by atoms with Crippen LogP contribution in [0.3, 0.4) is 0 Å². The Hall–Kier alpha value is -1.70. The van der Waals surface area contributed by atoms with Crippen molar-refractivity contribution in [2.45, 2.75) is 43.2 Å². The van der Waals surface area contributed by atoms with Gasteiger partial charge in [0, 0.05) is 30.1 Å². The molecule has 5 nitrogen and oxygen atoms in total. The summed E-state index contributed by atoms with van der Waals surface area (Å²) in [6.45, 7) is 1.32. The minimum atomic E-state index is -3.59. The normalized spacial score (nSPS) is 20.4. The maximum absolute atomic E-state index is 13.3. The van der Waals surface area contributed by atoms with Gasteiger partial charge >= 0.3 is 0 Å². The van der Waals surface area contributed by atoms with Crippen LogP contribution in [0.15, 0.2) is 64.0 Å². The van der Waals surface area contributed by atoms with E-state index in [1.165, 1.54) is 4.31 Å². The van der Waals surface area contributed by atoms with Crippen molar-refractivity contribution >= 4 is 31.9 Å². The fourth-order valence-electron chi connectivity index (χ4n) is 3.91. The highest BCUT2D eigenvalue weighted by Gasteiger charge is 2.39. The van der Waals surface area contributed by atoms with E-state index in [1.54, 1.807) is 24.3 Å². The number of piperidine rings is 1. The average Bonchev–Trinajstić information content (AvgIpc) is 3.58. The molecule has 0 bridgehead atoms. The molecule has 1 amide bonds. The van der Waals surface area contributed by atoms with E-state index in [2.05, 4.69) is 15.9 Å². The quantitative estimate of drug-likeness (QED) is 0.631. The predicted molar refractivity (Wildman–Crippen MR) is 116 cm³/mol. The summed E-state index contributed by atoms with van der Waals surface area (Å²) in [5, 5.41) is 0. The standard InChI is InChI=1S/C22H25BrN2O3S/c23-19-8-12-21(13-9-19)29(27,28)24-14-4-7-18(16-24)22(26)25(20-10-11-20)15-17-5-2-1-3-6-17/h1-3,5-6,8-9,12-13,18,20H,4,7,10-11,14-16H2/t18-/m0/s1. The number of hydrogen-bond acceptors (Lipinski definition) is 3. The van der Waals surface area contributed by atoms with Crippen molar-refractivity contribution < 1.29 is 13.2 Å². The molecule has 1 atom stereocenters. The molecule has 4 rings (SSSR count). The number of rotatable bonds is 6. The molecule has 2 aromatic rings. The summed E-state index contributed by atoms with van der Waals surface area (Å²) in [4.78, 5) is 15.6. The number of nitrogens with zero attached hydrogens (tertiary/aromatic N) is 2. The molecule has 1 aliphatic heterocycles. The summed E-state index contributed by atoms with van der Waals surface area (Å²) >= 11 is 3.34. The topological polar surface area (TPSA) is 57.7 Å². The van der Waals surface area contributed by atoms with Crippen LogP contribution >= 0.6 is 15.9 Å². The Kier molecular flexibility index (Phi) is 6.08. The minimum Gasteiger partial charge on any atom is -0.335 e. The molecule has 2 fully saturated rings. The number of halogens is 1. The van der Waals surface area contributed by atoms with Gasteiger partial charge in [-0.1, -0.05) is 46.3 Å². The molecule has 2 aromatic carbocycles. The Balaban J connectivity index is 1.49. The monoisotopic (exact) mass is 476 g/mol. The first-order valence-corrected chi connectivity index (χ1v) is 12.3. The Bertz CT molecular complexity index is 959. The lowest BCUT2D eigenvalue weighted by atomic mass is 9.97. The van der Waals surface area contributed by atoms with Gasteiger partial charge in [0.15, 0.2) is 0 Å². The van der Waals surface area contributed by atoms with Gasteiger partial charge in [-0.25, -0.2) is 8.42 Å². The lowest BCUT2D eigenvalue weighted by Gasteiger charge is -2.34. The highest BCUT2D eigenvalue weighted by molar-refractivity contribution is 9.10. The Morgan fingerprint density at radius 1 is 1.03 bits per heavy atom. The number of carbonyl (C=O) groups is 1. The smallest absolute Gasteiger partial charge is 0.243 e. The SMILES string of the molecule is O=C([C@H]1CCCN(S(=O)(=O)c2ccc(Br)cc2)C1)N(Cc1ccccc1)C1CC1. The van der Waals surface area contributed by atoms with Gasteiger partial charge in [0.05, 0.1) is 10.8 Å². The van der Waals surface area contributed by atoms with Crippen molar-refractivity contribution in [1.29, 1.82) is 0 Å². The maximum Gasteiger partial charge on any atom is 0.243 e. The molecule has 1 aliphatic carbocycles. The molecule has 29 heavy (non-hydrogen) atoms. The van der Waals surface area contributed by atoms with E-state index in [0.29, 0.717) is 25.6 Å². The van der Waals surface area contributed by atoms with E-state index < -0.39 is 10.0 Å². The fourth-order valence-corrected chi connectivity index (χ4v) is 5.69. The highest BCUT2D eigenvalue weighted by Crippen LogP contribution is 2.32. The van der Waals surface area contributed by atoms with E-state index in [0.717, 1.165) is 29.3 Å². The molecule has 154 valence electrons. The molecule has 1 saturated heterocycles. The van der Waals surface area contributed by atoms with Gasteiger partial charge in [-0.3, -0.25) is 4.79 Å². The van der Waals surface area contributed by atoms with Crippen molar-refractivity contribution in [3.8, 4) is 0 Å². The lowest BCUT2D eigenvalue weighted by Crippen LogP contribution is -2.47. The largest absolute Gasteiger partial charge is 0.335 e. The molecule has 0 spiro atoms. The van der Waals surface area contributed by atoms with Crippen LogP contribution in [0.2, 0.25) is 0 Å². The Morgan fingerprint density at radius 2 is 1.72 bits per heavy atom. The number of benzene rings is 2. The summed E-state index contributed by atoms with van der Waals surface area (Å²) < 4.78 is 28.4. The molecule has 0 N–H and O–H groups in total. The van der Waals surface area contributed by atoms with Crippen LogP contribution < -0.4 is 0 Å². The van der Waals surface area contributed by atoms with E-state index in [9.17, 15) is 13.2 Å². The third-order valence-electron chi connectivity index (χ3n) is 5.65. The van der Waals surface area contributed by atoms with E-state index in [4.69, 9.17) is 0 Å². The average molecular weight is 477 g/mol. The zero-order chi connectivity index (χ0) is 20.4. The van der Waals surface area contributed by atoms with Crippen LogP contribution in [0, 0.1) is 5.92 Å². The van der Waals surface area contributed by atoms with Gasteiger partial charge in [-0.05, 0) is 55.5 Å². The van der Waals surface area contributed by atoms with Crippen molar-refractivity contribution in [3.05, 3.63) is 64.6 Å². The van der Waals surface area contributed by atoms with E-state index in [-0.39, 0.29) is 23.3 Å². The Morgan fingerprint density at radius 3 is 2.38 bits per heavy atom. The van der Waals surface area contributed by atoms with Crippen LogP contribution in [0.1, 0.15) is 31.2 Å². The van der Waals surface area contributed by atoms with Gasteiger partial charge in [0.2, 0.25) is 15.9 Å². The molecule has 2 aliphatic rings. The number of hydrogen-bond donors (Lipinski definition) is 0. The van der Waals surface area contributed by atoms with Gasteiger partial charge in [0.25, 0.3) is 0 Å². The van der Waals surface area contributed by atoms with Crippen LogP contribution in [0.4, 0.5) is 0 Å². The van der Waals surface area contributed by atoms with Crippen molar-refractivity contribution in [2.75, 3.05) is 13.1 Å². The van der Waals surface area contributed by atoms with Crippen LogP contribution in [0.5, 0.6) is 0 Å². The first-order chi connectivity index (χ1) is 13.9. The zero-order valence-corrected chi connectivity index (χ0v) is 18.6. The van der Waals surface area contributed by atoms with Crippen LogP contribution in [0.25, 0.3) is 0 Å². The zero-order valence-electron chi connectivity index (χ0n) is 16.2. The second-order valence-corrected chi connectivity index (χ2v) is 10.7. The highest BCUT2D eigenvalue weighted by atomic mass is 79.9. The summed E-state index contributed by atoms with van der Waals surface area (Å²) in [6.07, 6.45) is 3.51. The van der Waals surface area contributed by atoms with Crippen LogP contribution in [-0.2, 0) is 21.4 Å². The van der Waals surface area contributed by atoms with Crippen molar-refractivity contribution in [2.24, 2.45) is 5.92 Å². The first kappa shape index (κ1) is 20.6. The van der Waals surface area contributed by atoms with E-state index in [1.807, 2.05) is 35.2 Å². The molecular formula is C22H25BrN2O3S. The van der Waals surface area contributed by atoms with Crippen LogP contribution in [-0.4, -0.2) is 42.7 Å². The molecule has 0 unspecified atom stereocenters. The third kappa shape index (κ3) is 4.73. The second-order valence-electron chi connectivity index (χ2n) is 7.84. The summed E-state index contributed by atoms with van der Waals surface area (Å²) in [7, 11) is -3.59. The van der Waals surface area contributed by atoms with E-state index >= 15 is 0 Å². The summed E-state index contributed by atoms with van der Waals surface area (Å²) in [5.74, 6) is -0.189. The third-order valence-corrected chi connectivity index (χ3v) is 8.06. The first-order valence-electron chi connectivity index (χ1n) is 10.1.